The first-order chi connectivity index (χ1) is 24.7. The highest BCUT2D eigenvalue weighted by molar-refractivity contribution is 7.46. The quantitative estimate of drug-likeness (QED) is 0.0554. The number of nitrogens with two attached hydrogens (primary N) is 2. The van der Waals surface area contributed by atoms with E-state index in [4.69, 9.17) is 31.1 Å². The average Bonchev–Trinajstić information content (AvgIpc) is 3.86. The zero-order valence-electron chi connectivity index (χ0n) is 28.5. The molecule has 1 amide bonds. The number of nitrogens with zero attached hydrogens (tertiary/aromatic N) is 6. The van der Waals surface area contributed by atoms with Gasteiger partial charge in [-0.25, -0.2) is 23.6 Å². The lowest BCUT2D eigenvalue weighted by molar-refractivity contribution is -0.138. The fourth-order valence-electron chi connectivity index (χ4n) is 5.36. The van der Waals surface area contributed by atoms with Gasteiger partial charge in [-0.3, -0.25) is 18.8 Å². The molecule has 0 bridgehead atoms. The zero-order valence-corrected chi connectivity index (χ0v) is 30.2. The highest BCUT2D eigenvalue weighted by atomic mass is 32.1. The molecule has 52 heavy (non-hydrogen) atoms. The minimum Gasteiger partial charge on any atom is -0.480 e. The maximum atomic E-state index is 14.7. The molecule has 1 aliphatic carbocycles. The number of carbonyl (C=O) groups is 2. The molecule has 0 aromatic carbocycles. The van der Waals surface area contributed by atoms with Gasteiger partial charge in [-0.15, -0.1) is 11.3 Å². The van der Waals surface area contributed by atoms with Gasteiger partial charge in [-0.05, 0) is 71.0 Å². The Labute approximate surface area is 301 Å². The second-order valence-corrected chi connectivity index (χ2v) is 13.9. The van der Waals surface area contributed by atoms with Crippen molar-refractivity contribution >= 4 is 36.7 Å². The van der Waals surface area contributed by atoms with Gasteiger partial charge in [0, 0.05) is 29.9 Å². The van der Waals surface area contributed by atoms with E-state index in [0.29, 0.717) is 30.1 Å². The number of hydrogen-bond donors (Lipinski definition) is 6. The van der Waals surface area contributed by atoms with Gasteiger partial charge in [0.15, 0.2) is 12.0 Å². The molecule has 1 saturated carbocycles. The first kappa shape index (κ1) is 40.8. The summed E-state index contributed by atoms with van der Waals surface area (Å²) >= 11 is 1.14. The number of aromatic nitrogens is 6. The number of phosphoric ester groups is 1. The number of rotatable bonds is 15. The standard InChI is InChI=1S/C25H28F2N7O6PS.C6H14N2O2/c1-3-39-17-6-4-16(5-7-17)34-12-19(23(32-34)22-18(26)8-9-21(27)31-22)29-24(35)20-13-42-25(30-20)15-10-28-33(11-15)14(2)40-41(36,37)38;7-4-2-1-3-5(8)6(9)10/h8-14,16-17H,3-7H2,1-2H3,(H,29,35)(H2,36,37,38);5H,1-4,7-8H2,(H,9,10)/t14?,16-,17-;5-/m.0/s1. The number of hydrogen-bond acceptors (Lipinski definition) is 12. The SMILES string of the molecule is CCO[C@H]1CC[C@H](n2cc(NC(=O)c3csc(-c4cnn(C(C)OP(=O)(O)O)c4)n3)c(-c3nc(F)ccc3F)n2)CC1.NCCCC[C@H](N)C(=O)O. The molecule has 2 atom stereocenters. The summed E-state index contributed by atoms with van der Waals surface area (Å²) in [6, 6.07) is 1.11. The van der Waals surface area contributed by atoms with Gasteiger partial charge >= 0.3 is 13.8 Å². The van der Waals surface area contributed by atoms with Crippen molar-refractivity contribution in [2.75, 3.05) is 18.5 Å². The van der Waals surface area contributed by atoms with Crippen molar-refractivity contribution in [2.24, 2.45) is 11.5 Å². The molecule has 0 saturated heterocycles. The Kier molecular flexibility index (Phi) is 14.6. The molecule has 284 valence electrons. The Balaban J connectivity index is 0.000000530. The third-order valence-electron chi connectivity index (χ3n) is 7.97. The predicted molar refractivity (Wildman–Crippen MR) is 186 cm³/mol. The highest BCUT2D eigenvalue weighted by Gasteiger charge is 2.27. The van der Waals surface area contributed by atoms with Gasteiger partial charge in [0.2, 0.25) is 5.95 Å². The van der Waals surface area contributed by atoms with Crippen molar-refractivity contribution in [3.8, 4) is 22.0 Å². The van der Waals surface area contributed by atoms with E-state index in [0.717, 1.165) is 62.0 Å². The van der Waals surface area contributed by atoms with Crippen molar-refractivity contribution in [1.29, 1.82) is 0 Å². The zero-order chi connectivity index (χ0) is 38.0. The second kappa shape index (κ2) is 18.7. The van der Waals surface area contributed by atoms with E-state index >= 15 is 0 Å². The molecule has 0 radical (unpaired) electrons. The number of pyridine rings is 1. The topological polar surface area (TPSA) is 256 Å². The second-order valence-electron chi connectivity index (χ2n) is 11.8. The molecule has 5 rings (SSSR count). The number of amides is 1. The Morgan fingerprint density at radius 1 is 1.13 bits per heavy atom. The maximum absolute atomic E-state index is 14.7. The van der Waals surface area contributed by atoms with Crippen LogP contribution < -0.4 is 16.8 Å². The van der Waals surface area contributed by atoms with Gasteiger partial charge in [0.05, 0.1) is 24.0 Å². The molecular weight excluding hydrogens is 727 g/mol. The van der Waals surface area contributed by atoms with Gasteiger partial charge < -0.3 is 36.4 Å². The molecule has 1 unspecified atom stereocenters. The lowest BCUT2D eigenvalue weighted by Crippen LogP contribution is -2.29. The third-order valence-corrected chi connectivity index (χ3v) is 9.44. The first-order valence-electron chi connectivity index (χ1n) is 16.5. The van der Waals surface area contributed by atoms with Crippen LogP contribution in [0.25, 0.3) is 22.0 Å². The summed E-state index contributed by atoms with van der Waals surface area (Å²) < 4.78 is 53.1. The minimum absolute atomic E-state index is 0.0111. The summed E-state index contributed by atoms with van der Waals surface area (Å²) in [5, 5.41) is 21.5. The van der Waals surface area contributed by atoms with Crippen LogP contribution in [0.1, 0.15) is 81.6 Å². The molecule has 17 nitrogen and oxygen atoms in total. The average molecular weight is 770 g/mol. The van der Waals surface area contributed by atoms with Crippen molar-refractivity contribution in [3.63, 3.8) is 0 Å². The number of ether oxygens (including phenoxy) is 1. The molecule has 4 heterocycles. The molecule has 4 aromatic rings. The van der Waals surface area contributed by atoms with Crippen LogP contribution in [0.4, 0.5) is 14.5 Å². The molecule has 1 aliphatic rings. The van der Waals surface area contributed by atoms with Crippen molar-refractivity contribution in [2.45, 2.75) is 83.2 Å². The molecule has 0 aliphatic heterocycles. The highest BCUT2D eigenvalue weighted by Crippen LogP contribution is 2.40. The van der Waals surface area contributed by atoms with Crippen LogP contribution in [0.5, 0.6) is 0 Å². The van der Waals surface area contributed by atoms with E-state index < -0.39 is 43.7 Å². The van der Waals surface area contributed by atoms with Gasteiger partial charge in [0.1, 0.15) is 28.1 Å². The Morgan fingerprint density at radius 2 is 1.87 bits per heavy atom. The van der Waals surface area contributed by atoms with Crippen LogP contribution in [0.15, 0.2) is 36.1 Å². The number of carboxylic acids is 1. The van der Waals surface area contributed by atoms with Crippen LogP contribution in [0, 0.1) is 11.8 Å². The Hall–Kier alpha value is -4.01. The number of carbonyl (C=O) groups excluding carboxylic acids is 1. The Bertz CT molecular complexity index is 1840. The molecule has 0 spiro atoms. The summed E-state index contributed by atoms with van der Waals surface area (Å²) in [4.78, 5) is 49.5. The number of thiazole rings is 1. The van der Waals surface area contributed by atoms with Crippen molar-refractivity contribution in [3.05, 3.63) is 53.6 Å². The number of unbranched alkanes of at least 4 members (excludes halogenated alkanes) is 1. The molecule has 1 fully saturated rings. The van der Waals surface area contributed by atoms with Crippen LogP contribution in [0.3, 0.4) is 0 Å². The lowest BCUT2D eigenvalue weighted by Gasteiger charge is -2.28. The number of nitrogens with one attached hydrogen (secondary N) is 1. The number of carboxylic acid groups (broad SMARTS) is 1. The van der Waals surface area contributed by atoms with Crippen molar-refractivity contribution in [1.82, 2.24) is 29.5 Å². The smallest absolute Gasteiger partial charge is 0.471 e. The van der Waals surface area contributed by atoms with E-state index in [1.807, 2.05) is 6.92 Å². The molecule has 21 heteroatoms. The Morgan fingerprint density at radius 3 is 2.52 bits per heavy atom. The van der Waals surface area contributed by atoms with Gasteiger partial charge in [-0.2, -0.15) is 14.6 Å². The van der Waals surface area contributed by atoms with Gasteiger partial charge in [0.25, 0.3) is 5.91 Å². The fraction of sp³-hybridized carbons (Fsp3) is 0.484. The van der Waals surface area contributed by atoms with Crippen LogP contribution in [-0.4, -0.2) is 81.6 Å². The van der Waals surface area contributed by atoms with E-state index in [9.17, 15) is 22.9 Å². The fourth-order valence-corrected chi connectivity index (χ4v) is 6.63. The normalized spacial score (nSPS) is 17.2. The van der Waals surface area contributed by atoms with Crippen LogP contribution in [0.2, 0.25) is 0 Å². The monoisotopic (exact) mass is 769 g/mol. The number of aliphatic carboxylic acids is 1. The van der Waals surface area contributed by atoms with E-state index in [-0.39, 0.29) is 34.9 Å². The predicted octanol–water partition coefficient (Wildman–Crippen LogP) is 4.47. The minimum atomic E-state index is -4.73. The molecule has 8 N–H and O–H groups in total. The van der Waals surface area contributed by atoms with Crippen LogP contribution in [-0.2, 0) is 18.6 Å². The maximum Gasteiger partial charge on any atom is 0.471 e. The summed E-state index contributed by atoms with van der Waals surface area (Å²) in [6.07, 6.45) is 8.93. The summed E-state index contributed by atoms with van der Waals surface area (Å²) in [5.41, 5.74) is 10.8. The number of anilines is 1. The van der Waals surface area contributed by atoms with E-state index in [1.54, 1.807) is 10.9 Å². The van der Waals surface area contributed by atoms with E-state index in [1.165, 1.54) is 29.4 Å². The first-order valence-corrected chi connectivity index (χ1v) is 18.9. The van der Waals surface area contributed by atoms with E-state index in [2.05, 4.69) is 30.0 Å². The lowest BCUT2D eigenvalue weighted by atomic mass is 9.93. The number of phosphoric acid groups is 1. The molecule has 4 aromatic heterocycles. The largest absolute Gasteiger partial charge is 0.480 e. The van der Waals surface area contributed by atoms with Crippen molar-refractivity contribution < 1.29 is 47.1 Å². The summed E-state index contributed by atoms with van der Waals surface area (Å²) in [5.74, 6) is -3.22. The molecular formula is C31H42F2N9O8PS. The third kappa shape index (κ3) is 11.5. The summed E-state index contributed by atoms with van der Waals surface area (Å²) in [7, 11) is -4.73. The number of halogens is 2. The summed E-state index contributed by atoms with van der Waals surface area (Å²) in [6.45, 7) is 4.60. The van der Waals surface area contributed by atoms with Gasteiger partial charge in [-0.1, -0.05) is 6.42 Å². The van der Waals surface area contributed by atoms with Crippen LogP contribution >= 0.6 is 19.2 Å².